The summed E-state index contributed by atoms with van der Waals surface area (Å²) in [6.45, 7) is 4.74. The molecular weight excluding hydrogens is 322 g/mol. The van der Waals surface area contributed by atoms with E-state index in [-0.39, 0.29) is 5.91 Å². The van der Waals surface area contributed by atoms with Gasteiger partial charge in [-0.2, -0.15) is 0 Å². The number of ether oxygens (including phenoxy) is 2. The number of piperazine rings is 1. The van der Waals surface area contributed by atoms with E-state index in [9.17, 15) is 4.79 Å². The van der Waals surface area contributed by atoms with Gasteiger partial charge in [0.05, 0.1) is 20.6 Å². The van der Waals surface area contributed by atoms with Crippen molar-refractivity contribution in [1.29, 1.82) is 0 Å². The Hall–Kier alpha value is -2.70. The van der Waals surface area contributed by atoms with Crippen LogP contribution < -0.4 is 14.4 Å². The second kappa shape index (κ2) is 7.46. The highest BCUT2D eigenvalue weighted by Crippen LogP contribution is 2.28. The lowest BCUT2D eigenvalue weighted by molar-refractivity contribution is -0.130. The van der Waals surface area contributed by atoms with Crippen molar-refractivity contribution in [1.82, 2.24) is 10.1 Å². The molecule has 1 aromatic heterocycles. The minimum absolute atomic E-state index is 0.114. The summed E-state index contributed by atoms with van der Waals surface area (Å²) in [6.07, 6.45) is 0.351. The molecule has 2 aromatic rings. The Morgan fingerprint density at radius 1 is 1.12 bits per heavy atom. The van der Waals surface area contributed by atoms with E-state index in [2.05, 4.69) is 10.1 Å². The lowest BCUT2D eigenvalue weighted by atomic mass is 10.1. The lowest BCUT2D eigenvalue weighted by Crippen LogP contribution is -2.49. The van der Waals surface area contributed by atoms with Crippen molar-refractivity contribution in [2.45, 2.75) is 13.3 Å². The number of hydrogen-bond donors (Lipinski definition) is 0. The summed E-state index contributed by atoms with van der Waals surface area (Å²) in [6, 6.07) is 7.49. The highest BCUT2D eigenvalue weighted by Gasteiger charge is 2.23. The van der Waals surface area contributed by atoms with Gasteiger partial charge in [-0.3, -0.25) is 4.79 Å². The molecule has 1 aliphatic rings. The Morgan fingerprint density at radius 2 is 1.84 bits per heavy atom. The van der Waals surface area contributed by atoms with Gasteiger partial charge < -0.3 is 23.8 Å². The molecule has 0 atom stereocenters. The zero-order valence-electron chi connectivity index (χ0n) is 14.8. The molecule has 25 heavy (non-hydrogen) atoms. The van der Waals surface area contributed by atoms with Gasteiger partial charge in [0.15, 0.2) is 17.3 Å². The second-order valence-corrected chi connectivity index (χ2v) is 6.03. The molecule has 0 aliphatic carbocycles. The summed E-state index contributed by atoms with van der Waals surface area (Å²) < 4.78 is 15.6. The number of amides is 1. The zero-order chi connectivity index (χ0) is 17.8. The van der Waals surface area contributed by atoms with E-state index in [1.165, 1.54) is 0 Å². The molecule has 0 spiro atoms. The van der Waals surface area contributed by atoms with Crippen molar-refractivity contribution in [2.24, 2.45) is 0 Å². The molecule has 0 unspecified atom stereocenters. The standard InChI is InChI=1S/C18H23N3O4/c1-13-10-17(19-25-13)20-6-8-21(9-7-20)18(22)12-14-4-5-15(23-2)16(11-14)24-3/h4-5,10-11H,6-9,12H2,1-3H3. The number of hydrogen-bond acceptors (Lipinski definition) is 6. The van der Waals surface area contributed by atoms with Crippen LogP contribution in [-0.4, -0.2) is 56.4 Å². The van der Waals surface area contributed by atoms with Crippen molar-refractivity contribution >= 4 is 11.7 Å². The molecule has 0 N–H and O–H groups in total. The van der Waals surface area contributed by atoms with Gasteiger partial charge in [-0.25, -0.2) is 0 Å². The highest BCUT2D eigenvalue weighted by atomic mass is 16.5. The maximum atomic E-state index is 12.6. The highest BCUT2D eigenvalue weighted by molar-refractivity contribution is 5.79. The molecule has 2 heterocycles. The molecule has 3 rings (SSSR count). The van der Waals surface area contributed by atoms with E-state index in [0.717, 1.165) is 30.2 Å². The predicted molar refractivity (Wildman–Crippen MR) is 93.3 cm³/mol. The summed E-state index contributed by atoms with van der Waals surface area (Å²) in [5, 5.41) is 4.03. The van der Waals surface area contributed by atoms with Crippen LogP contribution in [0.25, 0.3) is 0 Å². The third-order valence-corrected chi connectivity index (χ3v) is 4.38. The number of carbonyl (C=O) groups excluding carboxylic acids is 1. The smallest absolute Gasteiger partial charge is 0.227 e. The van der Waals surface area contributed by atoms with Gasteiger partial charge in [0.2, 0.25) is 5.91 Å². The Morgan fingerprint density at radius 3 is 2.44 bits per heavy atom. The van der Waals surface area contributed by atoms with Gasteiger partial charge in [-0.15, -0.1) is 0 Å². The molecule has 7 nitrogen and oxygen atoms in total. The first kappa shape index (κ1) is 17.1. The molecule has 1 saturated heterocycles. The molecule has 0 bridgehead atoms. The van der Waals surface area contributed by atoms with E-state index < -0.39 is 0 Å². The lowest BCUT2D eigenvalue weighted by Gasteiger charge is -2.34. The summed E-state index contributed by atoms with van der Waals surface area (Å²) in [5.74, 6) is 3.05. The molecule has 0 saturated carbocycles. The minimum Gasteiger partial charge on any atom is -0.493 e. The molecule has 1 aliphatic heterocycles. The van der Waals surface area contributed by atoms with Crippen LogP contribution in [0.4, 0.5) is 5.82 Å². The van der Waals surface area contributed by atoms with Crippen molar-refractivity contribution in [2.75, 3.05) is 45.3 Å². The van der Waals surface area contributed by atoms with Crippen LogP contribution in [0.15, 0.2) is 28.8 Å². The molecule has 7 heteroatoms. The molecule has 134 valence electrons. The summed E-state index contributed by atoms with van der Waals surface area (Å²) >= 11 is 0. The van der Waals surface area contributed by atoms with Crippen LogP contribution in [0.2, 0.25) is 0 Å². The van der Waals surface area contributed by atoms with Crippen molar-refractivity contribution in [3.8, 4) is 11.5 Å². The number of carbonyl (C=O) groups is 1. The second-order valence-electron chi connectivity index (χ2n) is 6.03. The van der Waals surface area contributed by atoms with Gasteiger partial charge >= 0.3 is 0 Å². The van der Waals surface area contributed by atoms with Gasteiger partial charge in [-0.1, -0.05) is 11.2 Å². The number of methoxy groups -OCH3 is 2. The third kappa shape index (κ3) is 3.87. The molecular formula is C18H23N3O4. The first-order valence-electron chi connectivity index (χ1n) is 8.27. The Kier molecular flexibility index (Phi) is 5.11. The molecule has 1 amide bonds. The van der Waals surface area contributed by atoms with Crippen LogP contribution in [0.1, 0.15) is 11.3 Å². The van der Waals surface area contributed by atoms with Crippen molar-refractivity contribution in [3.63, 3.8) is 0 Å². The van der Waals surface area contributed by atoms with Gasteiger partial charge in [0.25, 0.3) is 0 Å². The van der Waals surface area contributed by atoms with Crippen LogP contribution in [0.3, 0.4) is 0 Å². The summed E-state index contributed by atoms with van der Waals surface area (Å²) in [7, 11) is 3.19. The topological polar surface area (TPSA) is 68.0 Å². The average molecular weight is 345 g/mol. The normalized spacial score (nSPS) is 14.5. The fraction of sp³-hybridized carbons (Fsp3) is 0.444. The SMILES string of the molecule is COc1ccc(CC(=O)N2CCN(c3cc(C)on3)CC2)cc1OC. The quantitative estimate of drug-likeness (QED) is 0.824. The first-order valence-corrected chi connectivity index (χ1v) is 8.27. The largest absolute Gasteiger partial charge is 0.493 e. The van der Waals surface area contributed by atoms with Crippen LogP contribution in [0, 0.1) is 6.92 Å². The molecule has 1 aromatic carbocycles. The van der Waals surface area contributed by atoms with E-state index >= 15 is 0 Å². The number of aromatic nitrogens is 1. The first-order chi connectivity index (χ1) is 12.1. The number of benzene rings is 1. The van der Waals surface area contributed by atoms with Gasteiger partial charge in [-0.05, 0) is 24.6 Å². The monoisotopic (exact) mass is 345 g/mol. The van der Waals surface area contributed by atoms with E-state index in [1.807, 2.05) is 36.1 Å². The maximum absolute atomic E-state index is 12.6. The Labute approximate surface area is 147 Å². The summed E-state index contributed by atoms with van der Waals surface area (Å²) in [5.41, 5.74) is 0.914. The van der Waals surface area contributed by atoms with Gasteiger partial charge in [0, 0.05) is 32.2 Å². The van der Waals surface area contributed by atoms with Crippen LogP contribution >= 0.6 is 0 Å². The number of nitrogens with zero attached hydrogens (tertiary/aromatic N) is 3. The predicted octanol–water partition coefficient (Wildman–Crippen LogP) is 1.89. The fourth-order valence-corrected chi connectivity index (χ4v) is 2.96. The maximum Gasteiger partial charge on any atom is 0.227 e. The Balaban J connectivity index is 1.58. The van der Waals surface area contributed by atoms with E-state index in [1.54, 1.807) is 14.2 Å². The van der Waals surface area contributed by atoms with E-state index in [0.29, 0.717) is 31.0 Å². The number of aryl methyl sites for hydroxylation is 1. The van der Waals surface area contributed by atoms with Crippen LogP contribution in [-0.2, 0) is 11.2 Å². The average Bonchev–Trinajstić information content (AvgIpc) is 3.08. The third-order valence-electron chi connectivity index (χ3n) is 4.38. The number of rotatable bonds is 5. The van der Waals surface area contributed by atoms with Gasteiger partial charge in [0.1, 0.15) is 5.76 Å². The van der Waals surface area contributed by atoms with Crippen molar-refractivity contribution < 1.29 is 18.8 Å². The van der Waals surface area contributed by atoms with E-state index in [4.69, 9.17) is 14.0 Å². The Bertz CT molecular complexity index is 736. The van der Waals surface area contributed by atoms with Crippen LogP contribution in [0.5, 0.6) is 11.5 Å². The zero-order valence-corrected chi connectivity index (χ0v) is 14.8. The fourth-order valence-electron chi connectivity index (χ4n) is 2.96. The summed E-state index contributed by atoms with van der Waals surface area (Å²) in [4.78, 5) is 16.6. The molecule has 0 radical (unpaired) electrons. The number of anilines is 1. The minimum atomic E-state index is 0.114. The van der Waals surface area contributed by atoms with Crippen molar-refractivity contribution in [3.05, 3.63) is 35.6 Å². The molecule has 1 fully saturated rings.